The summed E-state index contributed by atoms with van der Waals surface area (Å²) in [5.41, 5.74) is 5.85. The van der Waals surface area contributed by atoms with Crippen molar-refractivity contribution in [3.63, 3.8) is 0 Å². The molecule has 0 unspecified atom stereocenters. The van der Waals surface area contributed by atoms with E-state index >= 15 is 0 Å². The number of rotatable bonds is 6. The topological polar surface area (TPSA) is 97.5 Å². The minimum atomic E-state index is -0.625. The summed E-state index contributed by atoms with van der Waals surface area (Å²) in [7, 11) is 1.57. The van der Waals surface area contributed by atoms with Crippen LogP contribution in [0.25, 0.3) is 0 Å². The maximum Gasteiger partial charge on any atom is 0.256 e. The lowest BCUT2D eigenvalue weighted by Crippen LogP contribution is -2.43. The van der Waals surface area contributed by atoms with Gasteiger partial charge in [0.15, 0.2) is 0 Å². The molecule has 0 radical (unpaired) electrons. The SMILES string of the molecule is CO[C@H]1C[C@@H](C(N)=O)N(C(=O)c2ccc(NCC3CC3)nc2)C1. The second kappa shape index (κ2) is 6.54. The molecule has 2 heterocycles. The number of hydrogen-bond donors (Lipinski definition) is 2. The molecule has 1 saturated carbocycles. The van der Waals surface area contributed by atoms with E-state index in [1.165, 1.54) is 23.9 Å². The minimum absolute atomic E-state index is 0.163. The summed E-state index contributed by atoms with van der Waals surface area (Å²) in [6, 6.07) is 2.89. The second-order valence-electron chi connectivity index (χ2n) is 6.23. The Hall–Kier alpha value is -2.15. The zero-order chi connectivity index (χ0) is 16.4. The number of likely N-dealkylation sites (tertiary alicyclic amines) is 1. The van der Waals surface area contributed by atoms with Crippen LogP contribution >= 0.6 is 0 Å². The first-order valence-corrected chi connectivity index (χ1v) is 7.91. The predicted molar refractivity (Wildman–Crippen MR) is 84.9 cm³/mol. The van der Waals surface area contributed by atoms with Crippen molar-refractivity contribution in [1.29, 1.82) is 0 Å². The monoisotopic (exact) mass is 318 g/mol. The first-order valence-electron chi connectivity index (χ1n) is 7.91. The van der Waals surface area contributed by atoms with Crippen LogP contribution in [0.2, 0.25) is 0 Å². The fraction of sp³-hybridized carbons (Fsp3) is 0.562. The smallest absolute Gasteiger partial charge is 0.256 e. The molecular formula is C16H22N4O3. The van der Waals surface area contributed by atoms with Gasteiger partial charge in [0.2, 0.25) is 5.91 Å². The van der Waals surface area contributed by atoms with Crippen LogP contribution < -0.4 is 11.1 Å². The van der Waals surface area contributed by atoms with Gasteiger partial charge >= 0.3 is 0 Å². The summed E-state index contributed by atoms with van der Waals surface area (Å²) in [4.78, 5) is 29.9. The van der Waals surface area contributed by atoms with Gasteiger partial charge in [-0.1, -0.05) is 0 Å². The van der Waals surface area contributed by atoms with Gasteiger partial charge < -0.3 is 20.7 Å². The molecule has 1 aliphatic heterocycles. The van der Waals surface area contributed by atoms with Crippen molar-refractivity contribution in [1.82, 2.24) is 9.88 Å². The first kappa shape index (κ1) is 15.7. The second-order valence-corrected chi connectivity index (χ2v) is 6.23. The molecule has 124 valence electrons. The van der Waals surface area contributed by atoms with E-state index in [4.69, 9.17) is 10.5 Å². The highest BCUT2D eigenvalue weighted by Gasteiger charge is 2.39. The Morgan fingerprint density at radius 1 is 1.43 bits per heavy atom. The van der Waals surface area contributed by atoms with Crippen molar-refractivity contribution in [2.24, 2.45) is 11.7 Å². The third kappa shape index (κ3) is 3.61. The van der Waals surface area contributed by atoms with Gasteiger partial charge in [-0.3, -0.25) is 9.59 Å². The molecule has 0 spiro atoms. The highest BCUT2D eigenvalue weighted by molar-refractivity contribution is 5.97. The average Bonchev–Trinajstić information content (AvgIpc) is 3.28. The van der Waals surface area contributed by atoms with Crippen LogP contribution in [0.5, 0.6) is 0 Å². The third-order valence-electron chi connectivity index (χ3n) is 4.46. The predicted octanol–water partition coefficient (Wildman–Crippen LogP) is 0.618. The largest absolute Gasteiger partial charge is 0.380 e. The van der Waals surface area contributed by atoms with E-state index < -0.39 is 11.9 Å². The molecule has 23 heavy (non-hydrogen) atoms. The number of hydrogen-bond acceptors (Lipinski definition) is 5. The molecule has 0 aromatic carbocycles. The zero-order valence-electron chi connectivity index (χ0n) is 13.2. The summed E-state index contributed by atoms with van der Waals surface area (Å²) in [5, 5.41) is 3.26. The van der Waals surface area contributed by atoms with Gasteiger partial charge in [0.1, 0.15) is 11.9 Å². The van der Waals surface area contributed by atoms with Crippen molar-refractivity contribution in [3.05, 3.63) is 23.9 Å². The first-order chi connectivity index (χ1) is 11.1. The Labute approximate surface area is 135 Å². The molecule has 2 amide bonds. The summed E-state index contributed by atoms with van der Waals surface area (Å²) < 4.78 is 5.26. The molecule has 1 aromatic heterocycles. The molecule has 0 bridgehead atoms. The molecule has 1 saturated heterocycles. The van der Waals surface area contributed by atoms with Crippen LogP contribution in [0.3, 0.4) is 0 Å². The summed E-state index contributed by atoms with van der Waals surface area (Å²) in [6.07, 6.45) is 4.35. The lowest BCUT2D eigenvalue weighted by atomic mass is 10.1. The van der Waals surface area contributed by atoms with Crippen LogP contribution in [0, 0.1) is 5.92 Å². The van der Waals surface area contributed by atoms with Gasteiger partial charge in [-0.2, -0.15) is 0 Å². The molecule has 1 aromatic rings. The number of carbonyl (C=O) groups is 2. The molecule has 2 atom stereocenters. The van der Waals surface area contributed by atoms with E-state index in [-0.39, 0.29) is 12.0 Å². The maximum absolute atomic E-state index is 12.6. The number of primary amides is 1. The van der Waals surface area contributed by atoms with Gasteiger partial charge in [-0.25, -0.2) is 4.98 Å². The lowest BCUT2D eigenvalue weighted by molar-refractivity contribution is -0.121. The normalized spacial score (nSPS) is 23.8. The molecule has 3 rings (SSSR count). The van der Waals surface area contributed by atoms with Crippen LogP contribution in [-0.4, -0.2) is 54.0 Å². The number of nitrogens with two attached hydrogens (primary N) is 1. The molecular weight excluding hydrogens is 296 g/mol. The van der Waals surface area contributed by atoms with E-state index in [1.807, 2.05) is 0 Å². The van der Waals surface area contributed by atoms with Crippen LogP contribution in [0.1, 0.15) is 29.6 Å². The Bertz CT molecular complexity index is 585. The van der Waals surface area contributed by atoms with Crippen molar-refractivity contribution in [2.75, 3.05) is 25.5 Å². The number of nitrogens with zero attached hydrogens (tertiary/aromatic N) is 2. The quantitative estimate of drug-likeness (QED) is 0.801. The number of amides is 2. The number of carbonyl (C=O) groups excluding carboxylic acids is 2. The van der Waals surface area contributed by atoms with Crippen LogP contribution in [0.4, 0.5) is 5.82 Å². The average molecular weight is 318 g/mol. The van der Waals surface area contributed by atoms with E-state index in [0.29, 0.717) is 18.5 Å². The fourth-order valence-corrected chi connectivity index (χ4v) is 2.82. The van der Waals surface area contributed by atoms with Gasteiger partial charge in [0, 0.05) is 32.8 Å². The van der Waals surface area contributed by atoms with Gasteiger partial charge in [0.05, 0.1) is 11.7 Å². The highest BCUT2D eigenvalue weighted by atomic mass is 16.5. The number of aromatic nitrogens is 1. The molecule has 7 nitrogen and oxygen atoms in total. The number of methoxy groups -OCH3 is 1. The van der Waals surface area contributed by atoms with E-state index in [1.54, 1.807) is 19.2 Å². The lowest BCUT2D eigenvalue weighted by Gasteiger charge is -2.21. The molecule has 1 aliphatic carbocycles. The molecule has 3 N–H and O–H groups in total. The molecule has 2 fully saturated rings. The Balaban J connectivity index is 1.67. The van der Waals surface area contributed by atoms with Crippen molar-refractivity contribution >= 4 is 17.6 Å². The fourth-order valence-electron chi connectivity index (χ4n) is 2.82. The van der Waals surface area contributed by atoms with Crippen LogP contribution in [-0.2, 0) is 9.53 Å². The summed E-state index contributed by atoms with van der Waals surface area (Å²) in [5.74, 6) is 0.768. The molecule has 2 aliphatic rings. The van der Waals surface area contributed by atoms with Gasteiger partial charge in [-0.05, 0) is 30.9 Å². The van der Waals surface area contributed by atoms with E-state index in [2.05, 4.69) is 10.3 Å². The summed E-state index contributed by atoms with van der Waals surface area (Å²) in [6.45, 7) is 1.29. The zero-order valence-corrected chi connectivity index (χ0v) is 13.2. The molecule has 7 heteroatoms. The Morgan fingerprint density at radius 3 is 2.78 bits per heavy atom. The van der Waals surface area contributed by atoms with Crippen molar-refractivity contribution in [3.8, 4) is 0 Å². The van der Waals surface area contributed by atoms with Gasteiger partial charge in [0.25, 0.3) is 5.91 Å². The number of nitrogens with one attached hydrogen (secondary N) is 1. The van der Waals surface area contributed by atoms with Crippen molar-refractivity contribution < 1.29 is 14.3 Å². The third-order valence-corrected chi connectivity index (χ3v) is 4.46. The van der Waals surface area contributed by atoms with E-state index in [0.717, 1.165) is 18.3 Å². The standard InChI is InChI=1S/C16H22N4O3/c1-23-12-6-13(15(17)21)20(9-12)16(22)11-4-5-14(19-8-11)18-7-10-2-3-10/h4-5,8,10,12-13H,2-3,6-7,9H2,1H3,(H2,17,21)(H,18,19)/t12-,13-/m0/s1. The Kier molecular flexibility index (Phi) is 4.47. The minimum Gasteiger partial charge on any atom is -0.380 e. The number of ether oxygens (including phenoxy) is 1. The van der Waals surface area contributed by atoms with Gasteiger partial charge in [-0.15, -0.1) is 0 Å². The number of pyridine rings is 1. The van der Waals surface area contributed by atoms with Crippen molar-refractivity contribution in [2.45, 2.75) is 31.4 Å². The maximum atomic E-state index is 12.6. The summed E-state index contributed by atoms with van der Waals surface area (Å²) >= 11 is 0. The van der Waals surface area contributed by atoms with Crippen LogP contribution in [0.15, 0.2) is 18.3 Å². The Morgan fingerprint density at radius 2 is 2.22 bits per heavy atom. The van der Waals surface area contributed by atoms with E-state index in [9.17, 15) is 9.59 Å². The highest BCUT2D eigenvalue weighted by Crippen LogP contribution is 2.28. The number of anilines is 1.